The van der Waals surface area contributed by atoms with Gasteiger partial charge in [-0.15, -0.1) is 0 Å². The van der Waals surface area contributed by atoms with Crippen molar-refractivity contribution in [3.8, 4) is 0 Å². The van der Waals surface area contributed by atoms with Crippen LogP contribution in [0.4, 0.5) is 0 Å². The zero-order valence-corrected chi connectivity index (χ0v) is 13.7. The molecule has 0 saturated heterocycles. The molecule has 0 radical (unpaired) electrons. The smallest absolute Gasteiger partial charge is 0.326 e. The number of hydrogen-bond donors (Lipinski definition) is 3. The molecule has 1 amide bonds. The van der Waals surface area contributed by atoms with E-state index in [1.807, 2.05) is 12.1 Å². The highest BCUT2D eigenvalue weighted by Gasteiger charge is 2.39. The lowest BCUT2D eigenvalue weighted by atomic mass is 9.75. The van der Waals surface area contributed by atoms with Crippen LogP contribution >= 0.6 is 0 Å². The lowest BCUT2D eigenvalue weighted by Gasteiger charge is -2.31. The number of hydrogen-bond acceptors (Lipinski definition) is 3. The monoisotopic (exact) mass is 341 g/mol. The number of carboxylic acid groups (broad SMARTS) is 2. The molecular weight excluding hydrogens is 322 g/mol. The summed E-state index contributed by atoms with van der Waals surface area (Å²) in [5.74, 6) is -3.26. The van der Waals surface area contributed by atoms with Crippen LogP contribution in [-0.2, 0) is 19.8 Å². The molecule has 0 aliphatic rings. The van der Waals surface area contributed by atoms with E-state index >= 15 is 0 Å². The van der Waals surface area contributed by atoms with E-state index in [2.05, 4.69) is 5.32 Å². The predicted octanol–water partition coefficient (Wildman–Crippen LogP) is 2.04. The Morgan fingerprint density at radius 2 is 1.36 bits per heavy atom. The molecular formula is C19H19NO5. The quantitative estimate of drug-likeness (QED) is 0.715. The molecule has 6 heteroatoms. The van der Waals surface area contributed by atoms with Gasteiger partial charge >= 0.3 is 11.9 Å². The molecule has 2 aromatic carbocycles. The minimum atomic E-state index is -1.50. The Morgan fingerprint density at radius 3 is 1.72 bits per heavy atom. The van der Waals surface area contributed by atoms with Crippen LogP contribution in [0.2, 0.25) is 0 Å². The second-order valence-corrected chi connectivity index (χ2v) is 5.82. The van der Waals surface area contributed by atoms with Crippen molar-refractivity contribution in [1.29, 1.82) is 0 Å². The van der Waals surface area contributed by atoms with Crippen LogP contribution in [0.5, 0.6) is 0 Å². The second kappa shape index (κ2) is 7.61. The number of carboxylic acids is 2. The first-order valence-electron chi connectivity index (χ1n) is 7.72. The Morgan fingerprint density at radius 1 is 0.920 bits per heavy atom. The average molecular weight is 341 g/mol. The summed E-state index contributed by atoms with van der Waals surface area (Å²) in [7, 11) is 0. The second-order valence-electron chi connectivity index (χ2n) is 5.82. The number of nitrogens with one attached hydrogen (secondary N) is 1. The van der Waals surface area contributed by atoms with Gasteiger partial charge in [-0.25, -0.2) is 4.79 Å². The maximum atomic E-state index is 13.0. The fourth-order valence-electron chi connectivity index (χ4n) is 2.65. The molecule has 0 spiro atoms. The number of amides is 1. The Labute approximate surface area is 145 Å². The Bertz CT molecular complexity index is 718. The van der Waals surface area contributed by atoms with E-state index in [1.165, 1.54) is 0 Å². The van der Waals surface area contributed by atoms with Crippen LogP contribution in [0.15, 0.2) is 60.7 Å². The molecule has 0 fully saturated rings. The van der Waals surface area contributed by atoms with E-state index in [9.17, 15) is 19.5 Å². The van der Waals surface area contributed by atoms with Gasteiger partial charge in [-0.05, 0) is 18.1 Å². The lowest BCUT2D eigenvalue weighted by molar-refractivity contribution is -0.147. The summed E-state index contributed by atoms with van der Waals surface area (Å²) in [4.78, 5) is 35.2. The highest BCUT2D eigenvalue weighted by Crippen LogP contribution is 2.32. The van der Waals surface area contributed by atoms with E-state index < -0.39 is 35.7 Å². The van der Waals surface area contributed by atoms with Crippen molar-refractivity contribution in [2.45, 2.75) is 24.8 Å². The minimum Gasteiger partial charge on any atom is -0.481 e. The Hall–Kier alpha value is -3.15. The van der Waals surface area contributed by atoms with Crippen LogP contribution in [0, 0.1) is 0 Å². The number of aliphatic carboxylic acids is 2. The molecule has 25 heavy (non-hydrogen) atoms. The van der Waals surface area contributed by atoms with Gasteiger partial charge in [0.25, 0.3) is 0 Å². The van der Waals surface area contributed by atoms with Gasteiger partial charge < -0.3 is 15.5 Å². The number of carbonyl (C=O) groups excluding carboxylic acids is 1. The predicted molar refractivity (Wildman–Crippen MR) is 91.2 cm³/mol. The summed E-state index contributed by atoms with van der Waals surface area (Å²) in [5.41, 5.74) is 0.200. The van der Waals surface area contributed by atoms with Crippen molar-refractivity contribution in [2.75, 3.05) is 0 Å². The van der Waals surface area contributed by atoms with Gasteiger partial charge in [-0.1, -0.05) is 60.7 Å². The van der Waals surface area contributed by atoms with Gasteiger partial charge in [0.1, 0.15) is 6.04 Å². The highest BCUT2D eigenvalue weighted by atomic mass is 16.4. The van der Waals surface area contributed by atoms with E-state index in [-0.39, 0.29) is 0 Å². The van der Waals surface area contributed by atoms with Gasteiger partial charge in [0.05, 0.1) is 11.8 Å². The fourth-order valence-corrected chi connectivity index (χ4v) is 2.65. The standard InChI is InChI=1S/C19H19NO5/c1-19(13-8-4-2-5-9-13,14-10-6-3-7-11-14)18(25)20-15(17(23)24)12-16(21)22/h2-11,15H,12H2,1H3,(H,20,25)(H,21,22)(H,23,24)/t15-/m0/s1. The first-order chi connectivity index (χ1) is 11.9. The van der Waals surface area contributed by atoms with Crippen molar-refractivity contribution in [2.24, 2.45) is 0 Å². The van der Waals surface area contributed by atoms with E-state index in [0.29, 0.717) is 11.1 Å². The Balaban J connectivity index is 2.44. The molecule has 0 unspecified atom stereocenters. The highest BCUT2D eigenvalue weighted by molar-refractivity contribution is 5.95. The van der Waals surface area contributed by atoms with Crippen molar-refractivity contribution >= 4 is 17.8 Å². The molecule has 2 aromatic rings. The molecule has 3 N–H and O–H groups in total. The van der Waals surface area contributed by atoms with Crippen LogP contribution in [-0.4, -0.2) is 34.1 Å². The molecule has 2 rings (SSSR count). The molecule has 6 nitrogen and oxygen atoms in total. The van der Waals surface area contributed by atoms with Gasteiger partial charge in [0, 0.05) is 0 Å². The van der Waals surface area contributed by atoms with Crippen LogP contribution < -0.4 is 5.32 Å². The van der Waals surface area contributed by atoms with Crippen LogP contribution in [0.25, 0.3) is 0 Å². The number of carbonyl (C=O) groups is 3. The Kier molecular flexibility index (Phi) is 5.54. The minimum absolute atomic E-state index is 0.571. The molecule has 0 aliphatic heterocycles. The summed E-state index contributed by atoms with van der Waals surface area (Å²) in [5, 5.41) is 20.4. The summed E-state index contributed by atoms with van der Waals surface area (Å²) in [6.07, 6.45) is -0.694. The maximum absolute atomic E-state index is 13.0. The van der Waals surface area contributed by atoms with Gasteiger partial charge in [-0.3, -0.25) is 9.59 Å². The number of rotatable bonds is 7. The molecule has 1 atom stereocenters. The molecule has 0 aromatic heterocycles. The first-order valence-corrected chi connectivity index (χ1v) is 7.72. The largest absolute Gasteiger partial charge is 0.481 e. The molecule has 0 bridgehead atoms. The van der Waals surface area contributed by atoms with Gasteiger partial charge in [-0.2, -0.15) is 0 Å². The summed E-state index contributed by atoms with van der Waals surface area (Å²) >= 11 is 0. The van der Waals surface area contributed by atoms with E-state index in [1.54, 1.807) is 55.5 Å². The SMILES string of the molecule is CC(C(=O)N[C@@H](CC(=O)O)C(=O)O)(c1ccccc1)c1ccccc1. The van der Waals surface area contributed by atoms with E-state index in [0.717, 1.165) is 0 Å². The lowest BCUT2D eigenvalue weighted by Crippen LogP contribution is -2.50. The molecule has 130 valence electrons. The van der Waals surface area contributed by atoms with Gasteiger partial charge in [0.15, 0.2) is 0 Å². The summed E-state index contributed by atoms with van der Waals surface area (Å²) in [6.45, 7) is 1.69. The molecule has 0 saturated carbocycles. The van der Waals surface area contributed by atoms with E-state index in [4.69, 9.17) is 5.11 Å². The average Bonchev–Trinajstić information content (AvgIpc) is 2.61. The molecule has 0 heterocycles. The van der Waals surface area contributed by atoms with Gasteiger partial charge in [0.2, 0.25) is 5.91 Å². The van der Waals surface area contributed by atoms with Crippen LogP contribution in [0.1, 0.15) is 24.5 Å². The zero-order valence-electron chi connectivity index (χ0n) is 13.7. The summed E-state index contributed by atoms with van der Waals surface area (Å²) in [6, 6.07) is 16.4. The van der Waals surface area contributed by atoms with Crippen LogP contribution in [0.3, 0.4) is 0 Å². The van der Waals surface area contributed by atoms with Crippen molar-refractivity contribution in [3.63, 3.8) is 0 Å². The zero-order chi connectivity index (χ0) is 18.4. The third-order valence-electron chi connectivity index (χ3n) is 4.14. The third kappa shape index (κ3) is 4.03. The third-order valence-corrected chi connectivity index (χ3v) is 4.14. The topological polar surface area (TPSA) is 104 Å². The van der Waals surface area contributed by atoms with Crippen molar-refractivity contribution in [3.05, 3.63) is 71.8 Å². The number of benzene rings is 2. The molecule has 0 aliphatic carbocycles. The maximum Gasteiger partial charge on any atom is 0.326 e. The normalized spacial score (nSPS) is 12.2. The first kappa shape index (κ1) is 18.2. The fraction of sp³-hybridized carbons (Fsp3) is 0.211. The summed E-state index contributed by atoms with van der Waals surface area (Å²) < 4.78 is 0. The van der Waals surface area contributed by atoms with Crippen molar-refractivity contribution in [1.82, 2.24) is 5.32 Å². The van der Waals surface area contributed by atoms with Crippen molar-refractivity contribution < 1.29 is 24.6 Å².